The smallest absolute Gasteiger partial charge is 0.272 e. The Kier molecular flexibility index (Phi) is 7.56. The summed E-state index contributed by atoms with van der Waals surface area (Å²) in [6.45, 7) is 3.69. The number of hydrogen-bond acceptors (Lipinski definition) is 8. The van der Waals surface area contributed by atoms with Crippen LogP contribution in [-0.4, -0.2) is 76.6 Å². The maximum Gasteiger partial charge on any atom is 0.272 e. The van der Waals surface area contributed by atoms with Gasteiger partial charge in [0, 0.05) is 44.3 Å². The van der Waals surface area contributed by atoms with Crippen molar-refractivity contribution in [1.29, 1.82) is 5.26 Å². The number of aliphatic hydroxyl groups is 1. The van der Waals surface area contributed by atoms with Gasteiger partial charge in [-0.1, -0.05) is 11.6 Å². The largest absolute Gasteiger partial charge is 0.490 e. The number of aliphatic hydroxyl groups excluding tert-OH is 1. The number of ether oxygens (including phenoxy) is 1. The lowest BCUT2D eigenvalue weighted by atomic mass is 9.93. The number of carbonyl (C=O) groups excluding carboxylic acids is 1. The molecular weight excluding hydrogens is 480 g/mol. The van der Waals surface area contributed by atoms with Gasteiger partial charge in [0.2, 0.25) is 0 Å². The van der Waals surface area contributed by atoms with Crippen molar-refractivity contribution in [2.45, 2.75) is 62.8 Å². The molecule has 190 valence electrons. The minimum absolute atomic E-state index is 0.0524. The van der Waals surface area contributed by atoms with E-state index in [1.165, 1.54) is 0 Å². The summed E-state index contributed by atoms with van der Waals surface area (Å²) in [7, 11) is 0. The predicted octanol–water partition coefficient (Wildman–Crippen LogP) is 2.77. The van der Waals surface area contributed by atoms with Gasteiger partial charge in [-0.25, -0.2) is 0 Å². The normalized spacial score (nSPS) is 23.5. The molecule has 3 heterocycles. The van der Waals surface area contributed by atoms with Gasteiger partial charge in [0.1, 0.15) is 11.8 Å². The molecule has 3 fully saturated rings. The molecule has 1 amide bonds. The molecule has 9 nitrogen and oxygen atoms in total. The highest BCUT2D eigenvalue weighted by atomic mass is 35.5. The molecule has 2 aromatic rings. The quantitative estimate of drug-likeness (QED) is 0.609. The van der Waals surface area contributed by atoms with E-state index in [0.29, 0.717) is 28.1 Å². The number of hydrogen-bond donors (Lipinski definition) is 2. The molecule has 0 unspecified atom stereocenters. The van der Waals surface area contributed by atoms with Crippen molar-refractivity contribution in [3.05, 3.63) is 46.6 Å². The Balaban J connectivity index is 1.05. The van der Waals surface area contributed by atoms with E-state index in [1.54, 1.807) is 24.3 Å². The lowest BCUT2D eigenvalue weighted by Crippen LogP contribution is -2.61. The number of anilines is 1. The summed E-state index contributed by atoms with van der Waals surface area (Å²) in [5, 5.41) is 30.6. The first-order valence-electron chi connectivity index (χ1n) is 12.7. The predicted molar refractivity (Wildman–Crippen MR) is 135 cm³/mol. The van der Waals surface area contributed by atoms with Crippen molar-refractivity contribution in [1.82, 2.24) is 20.4 Å². The van der Waals surface area contributed by atoms with Gasteiger partial charge in [0.25, 0.3) is 5.91 Å². The molecule has 36 heavy (non-hydrogen) atoms. The molecule has 0 radical (unpaired) electrons. The second-order valence-corrected chi connectivity index (χ2v) is 10.3. The molecule has 1 saturated carbocycles. The molecule has 2 N–H and O–H groups in total. The average molecular weight is 511 g/mol. The van der Waals surface area contributed by atoms with E-state index in [0.717, 1.165) is 70.5 Å². The van der Waals surface area contributed by atoms with Crippen LogP contribution in [0.15, 0.2) is 30.3 Å². The number of rotatable bonds is 6. The molecule has 0 spiro atoms. The zero-order valence-corrected chi connectivity index (χ0v) is 20.9. The van der Waals surface area contributed by atoms with Crippen LogP contribution in [0.5, 0.6) is 5.75 Å². The van der Waals surface area contributed by atoms with E-state index >= 15 is 0 Å². The third kappa shape index (κ3) is 5.72. The topological polar surface area (TPSA) is 115 Å². The Morgan fingerprint density at radius 1 is 1.08 bits per heavy atom. The lowest BCUT2D eigenvalue weighted by Gasteiger charge is -2.47. The average Bonchev–Trinajstić information content (AvgIpc) is 2.86. The van der Waals surface area contributed by atoms with Gasteiger partial charge in [-0.2, -0.15) is 5.26 Å². The van der Waals surface area contributed by atoms with Crippen LogP contribution in [-0.2, 0) is 0 Å². The molecule has 2 aliphatic heterocycles. The molecule has 5 rings (SSSR count). The second kappa shape index (κ2) is 11.0. The Hall–Kier alpha value is -2.93. The van der Waals surface area contributed by atoms with Crippen molar-refractivity contribution in [3.63, 3.8) is 0 Å². The maximum atomic E-state index is 12.7. The maximum absolute atomic E-state index is 12.7. The first-order chi connectivity index (χ1) is 17.5. The van der Waals surface area contributed by atoms with Gasteiger partial charge in [-0.15, -0.1) is 10.2 Å². The second-order valence-electron chi connectivity index (χ2n) is 9.92. The molecule has 3 aliphatic rings. The van der Waals surface area contributed by atoms with Crippen LogP contribution in [0.2, 0.25) is 5.02 Å². The van der Waals surface area contributed by atoms with Crippen LogP contribution in [0.4, 0.5) is 5.82 Å². The summed E-state index contributed by atoms with van der Waals surface area (Å²) in [6.07, 6.45) is 4.86. The Morgan fingerprint density at radius 2 is 1.83 bits per heavy atom. The van der Waals surface area contributed by atoms with E-state index < -0.39 is 0 Å². The van der Waals surface area contributed by atoms with Crippen molar-refractivity contribution in [2.24, 2.45) is 0 Å². The van der Waals surface area contributed by atoms with Crippen LogP contribution < -0.4 is 15.0 Å². The molecule has 0 bridgehead atoms. The van der Waals surface area contributed by atoms with Crippen LogP contribution in [0.25, 0.3) is 0 Å². The summed E-state index contributed by atoms with van der Waals surface area (Å²) in [6, 6.07) is 11.3. The summed E-state index contributed by atoms with van der Waals surface area (Å²) in [5.41, 5.74) is 0.756. The molecule has 1 aromatic heterocycles. The van der Waals surface area contributed by atoms with Crippen LogP contribution in [0.1, 0.15) is 54.6 Å². The number of halogens is 1. The highest BCUT2D eigenvalue weighted by molar-refractivity contribution is 6.31. The Labute approximate surface area is 216 Å². The summed E-state index contributed by atoms with van der Waals surface area (Å²) in [5.74, 6) is 1.25. The third-order valence-corrected chi connectivity index (χ3v) is 7.77. The fraction of sp³-hybridized carbons (Fsp3) is 0.538. The molecule has 2 saturated heterocycles. The number of likely N-dealkylation sites (tertiary alicyclic amines) is 1. The van der Waals surface area contributed by atoms with Gasteiger partial charge in [-0.05, 0) is 62.8 Å². The molecule has 1 aromatic carbocycles. The van der Waals surface area contributed by atoms with Gasteiger partial charge in [0.05, 0.1) is 22.8 Å². The highest BCUT2D eigenvalue weighted by Crippen LogP contribution is 2.28. The van der Waals surface area contributed by atoms with Gasteiger partial charge >= 0.3 is 0 Å². The fourth-order valence-corrected chi connectivity index (χ4v) is 5.39. The van der Waals surface area contributed by atoms with Crippen LogP contribution in [0.3, 0.4) is 0 Å². The lowest BCUT2D eigenvalue weighted by molar-refractivity contribution is 0.0529. The summed E-state index contributed by atoms with van der Waals surface area (Å²) in [4.78, 5) is 17.3. The van der Waals surface area contributed by atoms with E-state index in [1.807, 2.05) is 12.1 Å². The van der Waals surface area contributed by atoms with E-state index in [4.69, 9.17) is 21.6 Å². The van der Waals surface area contributed by atoms with Gasteiger partial charge in [0.15, 0.2) is 11.5 Å². The number of nitrogens with zero attached hydrogens (tertiary/aromatic N) is 5. The number of carbonyl (C=O) groups is 1. The van der Waals surface area contributed by atoms with Crippen molar-refractivity contribution >= 4 is 23.3 Å². The monoisotopic (exact) mass is 510 g/mol. The third-order valence-electron chi connectivity index (χ3n) is 7.46. The van der Waals surface area contributed by atoms with Crippen molar-refractivity contribution < 1.29 is 14.6 Å². The number of amides is 1. The standard InChI is InChI=1S/C26H31ClN6O3/c27-23-13-22(4-1-17(23)14-28)36-21-5-2-18(3-6-21)29-26(35)24-7-8-25(31-30-24)33-15-19(16-33)32-11-9-20(34)10-12-32/h1,4,7-8,13,18-21,34H,2-3,5-6,9-12,15-16H2,(H,29,35). The van der Waals surface area contributed by atoms with E-state index in [2.05, 4.69) is 25.3 Å². The van der Waals surface area contributed by atoms with E-state index in [9.17, 15) is 9.90 Å². The zero-order valence-electron chi connectivity index (χ0n) is 20.1. The highest BCUT2D eigenvalue weighted by Gasteiger charge is 2.34. The Morgan fingerprint density at radius 3 is 2.47 bits per heavy atom. The van der Waals surface area contributed by atoms with Gasteiger partial charge < -0.3 is 20.1 Å². The molecule has 1 aliphatic carbocycles. The number of aromatic nitrogens is 2. The molecule has 0 atom stereocenters. The molecular formula is C26H31ClN6O3. The first kappa shape index (κ1) is 24.8. The Bertz CT molecular complexity index is 1100. The summed E-state index contributed by atoms with van der Waals surface area (Å²) >= 11 is 6.09. The number of nitriles is 1. The number of benzene rings is 1. The SMILES string of the molecule is N#Cc1ccc(OC2CCC(NC(=O)c3ccc(N4CC(N5CCC(O)CC5)C4)nn3)CC2)cc1Cl. The summed E-state index contributed by atoms with van der Waals surface area (Å²) < 4.78 is 6.03. The minimum atomic E-state index is -0.203. The van der Waals surface area contributed by atoms with Crippen molar-refractivity contribution in [2.75, 3.05) is 31.1 Å². The zero-order chi connectivity index (χ0) is 25.1. The van der Waals surface area contributed by atoms with Crippen LogP contribution in [0, 0.1) is 11.3 Å². The molecule has 10 heteroatoms. The number of nitrogens with one attached hydrogen (secondary N) is 1. The first-order valence-corrected chi connectivity index (χ1v) is 13.0. The minimum Gasteiger partial charge on any atom is -0.490 e. The fourth-order valence-electron chi connectivity index (χ4n) is 5.18. The van der Waals surface area contributed by atoms with Crippen molar-refractivity contribution in [3.8, 4) is 11.8 Å². The van der Waals surface area contributed by atoms with Gasteiger partial charge in [-0.3, -0.25) is 9.69 Å². The van der Waals surface area contributed by atoms with Crippen LogP contribution >= 0.6 is 11.6 Å². The van der Waals surface area contributed by atoms with E-state index in [-0.39, 0.29) is 24.2 Å². The number of piperidine rings is 1.